The fraction of sp³-hybridized carbons (Fsp3) is 0.143. The van der Waals surface area contributed by atoms with E-state index in [4.69, 9.17) is 36.9 Å². The van der Waals surface area contributed by atoms with Crippen LogP contribution >= 0.6 is 23.2 Å². The number of rotatable bonds is 3. The van der Waals surface area contributed by atoms with E-state index in [1.165, 1.54) is 30.3 Å². The lowest BCUT2D eigenvalue weighted by Crippen LogP contribution is -2.16. The second kappa shape index (κ2) is 5.87. The summed E-state index contributed by atoms with van der Waals surface area (Å²) in [5, 5.41) is 0.238. The number of halogens is 2. The molecule has 5 nitrogen and oxygen atoms in total. The summed E-state index contributed by atoms with van der Waals surface area (Å²) in [7, 11) is -4.06. The van der Waals surface area contributed by atoms with Crippen LogP contribution < -0.4 is 13.7 Å². The maximum Gasteiger partial charge on any atom is 0.339 e. The van der Waals surface area contributed by atoms with E-state index < -0.39 is 10.1 Å². The van der Waals surface area contributed by atoms with Crippen LogP contribution in [0.15, 0.2) is 41.3 Å². The number of benzene rings is 2. The van der Waals surface area contributed by atoms with E-state index in [1.54, 1.807) is 6.07 Å². The zero-order chi connectivity index (χ0) is 15.7. The second-order valence-corrected chi connectivity index (χ2v) is 6.73. The summed E-state index contributed by atoms with van der Waals surface area (Å²) >= 11 is 11.8. The van der Waals surface area contributed by atoms with Crippen LogP contribution in [-0.4, -0.2) is 21.6 Å². The number of fused-ring (bicyclic) bond motifs is 1. The Morgan fingerprint density at radius 1 is 1.00 bits per heavy atom. The summed E-state index contributed by atoms with van der Waals surface area (Å²) in [4.78, 5) is -0.0622. The molecular weight excluding hydrogens is 351 g/mol. The van der Waals surface area contributed by atoms with Gasteiger partial charge in [-0.05, 0) is 24.3 Å². The Kier molecular flexibility index (Phi) is 4.08. The van der Waals surface area contributed by atoms with Crippen LogP contribution in [0.5, 0.6) is 17.2 Å². The van der Waals surface area contributed by atoms with Gasteiger partial charge in [0.1, 0.15) is 23.1 Å². The van der Waals surface area contributed by atoms with Gasteiger partial charge in [0.15, 0.2) is 17.2 Å². The van der Waals surface area contributed by atoms with Crippen molar-refractivity contribution in [1.29, 1.82) is 0 Å². The summed E-state index contributed by atoms with van der Waals surface area (Å²) in [6.07, 6.45) is 0. The van der Waals surface area contributed by atoms with E-state index >= 15 is 0 Å². The molecule has 0 N–H and O–H groups in total. The monoisotopic (exact) mass is 360 g/mol. The molecule has 0 saturated carbocycles. The van der Waals surface area contributed by atoms with E-state index in [2.05, 4.69) is 0 Å². The highest BCUT2D eigenvalue weighted by atomic mass is 35.5. The summed E-state index contributed by atoms with van der Waals surface area (Å²) in [6, 6.07) is 8.74. The van der Waals surface area contributed by atoms with Crippen LogP contribution in [0.1, 0.15) is 0 Å². The van der Waals surface area contributed by atoms with Crippen molar-refractivity contribution in [3.05, 3.63) is 46.4 Å². The average Bonchev–Trinajstić information content (AvgIpc) is 2.51. The smallest absolute Gasteiger partial charge is 0.339 e. The van der Waals surface area contributed by atoms with Crippen LogP contribution in [0.2, 0.25) is 10.0 Å². The fourth-order valence-corrected chi connectivity index (χ4v) is 3.23. The molecule has 0 fully saturated rings. The first kappa shape index (κ1) is 15.3. The minimum Gasteiger partial charge on any atom is -0.486 e. The van der Waals surface area contributed by atoms with Gasteiger partial charge < -0.3 is 13.7 Å². The fourth-order valence-electron chi connectivity index (χ4n) is 1.89. The molecule has 22 heavy (non-hydrogen) atoms. The topological polar surface area (TPSA) is 61.8 Å². The zero-order valence-electron chi connectivity index (χ0n) is 11.1. The third kappa shape index (κ3) is 2.95. The molecule has 0 amide bonds. The van der Waals surface area contributed by atoms with Gasteiger partial charge in [-0.1, -0.05) is 29.3 Å². The van der Waals surface area contributed by atoms with Crippen LogP contribution in [-0.2, 0) is 10.1 Å². The summed E-state index contributed by atoms with van der Waals surface area (Å²) in [5.74, 6) is 0.808. The molecule has 1 heterocycles. The molecule has 0 radical (unpaired) electrons. The van der Waals surface area contributed by atoms with Crippen molar-refractivity contribution < 1.29 is 22.1 Å². The van der Waals surface area contributed by atoms with E-state index in [0.717, 1.165) is 0 Å². The number of hydrogen-bond acceptors (Lipinski definition) is 5. The van der Waals surface area contributed by atoms with Gasteiger partial charge in [-0.15, -0.1) is 0 Å². The van der Waals surface area contributed by atoms with Crippen molar-refractivity contribution in [2.75, 3.05) is 13.2 Å². The Morgan fingerprint density at radius 2 is 1.73 bits per heavy atom. The summed E-state index contributed by atoms with van der Waals surface area (Å²) in [5.41, 5.74) is 0. The summed E-state index contributed by atoms with van der Waals surface area (Å²) in [6.45, 7) is 0.783. The van der Waals surface area contributed by atoms with Crippen molar-refractivity contribution in [2.24, 2.45) is 0 Å². The van der Waals surface area contributed by atoms with Crippen LogP contribution in [0.3, 0.4) is 0 Å². The third-order valence-electron chi connectivity index (χ3n) is 2.92. The Labute approximate surface area is 137 Å². The van der Waals surface area contributed by atoms with E-state index in [1.807, 2.05) is 0 Å². The van der Waals surface area contributed by atoms with Crippen LogP contribution in [0.4, 0.5) is 0 Å². The molecule has 2 aromatic rings. The molecule has 1 aliphatic heterocycles. The molecule has 0 saturated heterocycles. The maximum absolute atomic E-state index is 12.3. The van der Waals surface area contributed by atoms with Gasteiger partial charge in [0.25, 0.3) is 0 Å². The molecule has 3 rings (SSSR count). The highest BCUT2D eigenvalue weighted by Crippen LogP contribution is 2.36. The lowest BCUT2D eigenvalue weighted by molar-refractivity contribution is 0.171. The minimum absolute atomic E-state index is 0.0327. The maximum atomic E-state index is 12.3. The van der Waals surface area contributed by atoms with Gasteiger partial charge in [-0.25, -0.2) is 0 Å². The third-order valence-corrected chi connectivity index (χ3v) is 4.95. The Balaban J connectivity index is 1.94. The summed E-state index contributed by atoms with van der Waals surface area (Å²) < 4.78 is 40.4. The van der Waals surface area contributed by atoms with Crippen LogP contribution in [0.25, 0.3) is 0 Å². The van der Waals surface area contributed by atoms with E-state index in [9.17, 15) is 8.42 Å². The molecule has 0 aromatic heterocycles. The van der Waals surface area contributed by atoms with Crippen molar-refractivity contribution in [2.45, 2.75) is 4.90 Å². The first-order chi connectivity index (χ1) is 10.5. The molecule has 0 bridgehead atoms. The predicted octanol–water partition coefficient (Wildman–Crippen LogP) is 3.53. The number of hydrogen-bond donors (Lipinski definition) is 0. The molecule has 1 aliphatic rings. The molecule has 0 atom stereocenters. The first-order valence-electron chi connectivity index (χ1n) is 6.25. The van der Waals surface area contributed by atoms with Crippen molar-refractivity contribution in [1.82, 2.24) is 0 Å². The second-order valence-electron chi connectivity index (χ2n) is 4.39. The van der Waals surface area contributed by atoms with Gasteiger partial charge in [-0.3, -0.25) is 0 Å². The van der Waals surface area contributed by atoms with Gasteiger partial charge in [0, 0.05) is 6.07 Å². The molecule has 0 spiro atoms. The van der Waals surface area contributed by atoms with Crippen molar-refractivity contribution in [3.63, 3.8) is 0 Å². The van der Waals surface area contributed by atoms with E-state index in [-0.39, 0.29) is 20.7 Å². The first-order valence-corrected chi connectivity index (χ1v) is 8.42. The quantitative estimate of drug-likeness (QED) is 0.783. The Morgan fingerprint density at radius 3 is 2.50 bits per heavy atom. The molecule has 2 aromatic carbocycles. The van der Waals surface area contributed by atoms with Gasteiger partial charge in [-0.2, -0.15) is 8.42 Å². The van der Waals surface area contributed by atoms with Gasteiger partial charge >= 0.3 is 10.1 Å². The highest BCUT2D eigenvalue weighted by molar-refractivity contribution is 7.87. The predicted molar refractivity (Wildman–Crippen MR) is 81.7 cm³/mol. The molecule has 0 unspecified atom stereocenters. The standard InChI is InChI=1S/C14H10Cl2O5S/c15-10-2-1-3-12(14(10)16)21-22(17,18)9-4-5-11-13(8-9)20-7-6-19-11/h1-5,8H,6-7H2. The lowest BCUT2D eigenvalue weighted by atomic mass is 10.3. The molecule has 8 heteroatoms. The number of ether oxygens (including phenoxy) is 2. The SMILES string of the molecule is O=S(=O)(Oc1cccc(Cl)c1Cl)c1ccc2c(c1)OCCO2. The van der Waals surface area contributed by atoms with Gasteiger partial charge in [0.2, 0.25) is 0 Å². The minimum atomic E-state index is -4.06. The normalized spacial score (nSPS) is 13.7. The van der Waals surface area contributed by atoms with Crippen molar-refractivity contribution >= 4 is 33.3 Å². The molecule has 116 valence electrons. The highest BCUT2D eigenvalue weighted by Gasteiger charge is 2.22. The van der Waals surface area contributed by atoms with E-state index in [0.29, 0.717) is 24.7 Å². The van der Waals surface area contributed by atoms with Crippen LogP contribution in [0, 0.1) is 0 Å². The zero-order valence-corrected chi connectivity index (χ0v) is 13.4. The van der Waals surface area contributed by atoms with Gasteiger partial charge in [0.05, 0.1) is 5.02 Å². The largest absolute Gasteiger partial charge is 0.486 e. The molecule has 0 aliphatic carbocycles. The Hall–Kier alpha value is -1.63. The molecular formula is C14H10Cl2O5S. The lowest BCUT2D eigenvalue weighted by Gasteiger charge is -2.18. The Bertz CT molecular complexity index is 820. The van der Waals surface area contributed by atoms with Crippen molar-refractivity contribution in [3.8, 4) is 17.2 Å². The average molecular weight is 361 g/mol.